The predicted octanol–water partition coefficient (Wildman–Crippen LogP) is 1.90. The van der Waals surface area contributed by atoms with E-state index in [1.807, 2.05) is 19.0 Å². The molecular weight excluding hydrogens is 323 g/mol. The van der Waals surface area contributed by atoms with Crippen molar-refractivity contribution in [3.05, 3.63) is 48.0 Å². The number of nitrogens with zero attached hydrogens (tertiary/aromatic N) is 4. The number of amides is 1. The Hall–Kier alpha value is -2.70. The number of carbonyl (C=O) groups is 1. The highest BCUT2D eigenvalue weighted by Crippen LogP contribution is 2.19. The van der Waals surface area contributed by atoms with Crippen LogP contribution in [0.4, 0.5) is 10.2 Å². The topological polar surface area (TPSA) is 58.6 Å². The fourth-order valence-electron chi connectivity index (χ4n) is 2.72. The Morgan fingerprint density at radius 2 is 2.08 bits per heavy atom. The average Bonchev–Trinajstić information content (AvgIpc) is 3.06. The van der Waals surface area contributed by atoms with Crippen molar-refractivity contribution in [1.29, 1.82) is 0 Å². The van der Waals surface area contributed by atoms with Crippen LogP contribution in [0.15, 0.2) is 36.7 Å². The van der Waals surface area contributed by atoms with Crippen LogP contribution >= 0.6 is 0 Å². The molecule has 1 fully saturated rings. The summed E-state index contributed by atoms with van der Waals surface area (Å²) in [6.07, 6.45) is 4.17. The van der Waals surface area contributed by atoms with Crippen LogP contribution in [0.2, 0.25) is 0 Å². The van der Waals surface area contributed by atoms with Gasteiger partial charge in [-0.25, -0.2) is 4.39 Å². The Balaban J connectivity index is 1.55. The lowest BCUT2D eigenvalue weighted by Gasteiger charge is -2.17. The lowest BCUT2D eigenvalue weighted by molar-refractivity contribution is -0.129. The molecule has 25 heavy (non-hydrogen) atoms. The molecule has 0 spiro atoms. The summed E-state index contributed by atoms with van der Waals surface area (Å²) in [5, 5.41) is 0. The number of aromatic nitrogens is 2. The summed E-state index contributed by atoms with van der Waals surface area (Å²) in [5.74, 6) is 0.904. The molecule has 0 aliphatic carbocycles. The van der Waals surface area contributed by atoms with Gasteiger partial charge in [-0.1, -0.05) is 12.1 Å². The van der Waals surface area contributed by atoms with Crippen molar-refractivity contribution in [2.24, 2.45) is 0 Å². The first-order chi connectivity index (χ1) is 12.0. The van der Waals surface area contributed by atoms with Crippen molar-refractivity contribution < 1.29 is 13.9 Å². The van der Waals surface area contributed by atoms with Gasteiger partial charge in [-0.15, -0.1) is 0 Å². The fourth-order valence-corrected chi connectivity index (χ4v) is 2.72. The van der Waals surface area contributed by atoms with Gasteiger partial charge < -0.3 is 14.5 Å². The Kier molecular flexibility index (Phi) is 5.11. The second kappa shape index (κ2) is 7.46. The molecule has 1 aliphatic heterocycles. The lowest BCUT2D eigenvalue weighted by Crippen LogP contribution is -2.32. The molecule has 1 aromatic heterocycles. The van der Waals surface area contributed by atoms with Gasteiger partial charge in [0.2, 0.25) is 11.8 Å². The van der Waals surface area contributed by atoms with Crippen molar-refractivity contribution >= 4 is 11.7 Å². The number of hydrogen-bond donors (Lipinski definition) is 0. The number of benzene rings is 1. The van der Waals surface area contributed by atoms with E-state index in [0.29, 0.717) is 19.0 Å². The summed E-state index contributed by atoms with van der Waals surface area (Å²) in [6, 6.07) is 6.02. The number of ether oxygens (including phenoxy) is 1. The summed E-state index contributed by atoms with van der Waals surface area (Å²) < 4.78 is 18.8. The average molecular weight is 344 g/mol. The third-order valence-electron chi connectivity index (χ3n) is 4.11. The minimum Gasteiger partial charge on any atom is -0.471 e. The van der Waals surface area contributed by atoms with Gasteiger partial charge in [0, 0.05) is 27.1 Å². The third-order valence-corrected chi connectivity index (χ3v) is 4.11. The third kappa shape index (κ3) is 4.43. The Morgan fingerprint density at radius 3 is 2.80 bits per heavy atom. The van der Waals surface area contributed by atoms with Crippen molar-refractivity contribution in [3.8, 4) is 5.88 Å². The van der Waals surface area contributed by atoms with Gasteiger partial charge in [0.15, 0.2) is 5.82 Å². The molecular formula is C18H21FN4O2. The first kappa shape index (κ1) is 17.1. The van der Waals surface area contributed by atoms with Gasteiger partial charge >= 0.3 is 0 Å². The van der Waals surface area contributed by atoms with Crippen LogP contribution in [0.3, 0.4) is 0 Å². The second-order valence-corrected chi connectivity index (χ2v) is 6.28. The van der Waals surface area contributed by atoms with Crippen LogP contribution in [0.5, 0.6) is 5.88 Å². The normalized spacial score (nSPS) is 16.8. The van der Waals surface area contributed by atoms with Crippen molar-refractivity contribution in [2.45, 2.75) is 18.9 Å². The molecule has 6 nitrogen and oxygen atoms in total. The number of halogens is 1. The SMILES string of the molecule is CN(C)c1cncc(O[C@H]2CCN(C(=O)Cc3ccc(F)cc3)C2)n1. The molecule has 1 aromatic carbocycles. The molecule has 0 bridgehead atoms. The summed E-state index contributed by atoms with van der Waals surface area (Å²) in [7, 11) is 3.78. The minimum absolute atomic E-state index is 0.0193. The molecule has 0 saturated carbocycles. The van der Waals surface area contributed by atoms with E-state index < -0.39 is 0 Å². The van der Waals surface area contributed by atoms with Crippen LogP contribution in [-0.2, 0) is 11.2 Å². The van der Waals surface area contributed by atoms with Gasteiger partial charge in [0.1, 0.15) is 11.9 Å². The summed E-state index contributed by atoms with van der Waals surface area (Å²) in [5.41, 5.74) is 0.806. The lowest BCUT2D eigenvalue weighted by atomic mass is 10.1. The Labute approximate surface area is 146 Å². The van der Waals surface area contributed by atoms with Gasteiger partial charge in [0.05, 0.1) is 25.4 Å². The van der Waals surface area contributed by atoms with Crippen LogP contribution in [-0.4, -0.2) is 54.1 Å². The van der Waals surface area contributed by atoms with Crippen LogP contribution in [0, 0.1) is 5.82 Å². The van der Waals surface area contributed by atoms with Crippen molar-refractivity contribution in [2.75, 3.05) is 32.1 Å². The van der Waals surface area contributed by atoms with Gasteiger partial charge in [0.25, 0.3) is 0 Å². The summed E-state index contributed by atoms with van der Waals surface area (Å²) >= 11 is 0. The van der Waals surface area contributed by atoms with E-state index in [1.54, 1.807) is 29.4 Å². The fraction of sp³-hybridized carbons (Fsp3) is 0.389. The van der Waals surface area contributed by atoms with E-state index in [1.165, 1.54) is 12.1 Å². The maximum atomic E-state index is 12.9. The van der Waals surface area contributed by atoms with Crippen LogP contribution < -0.4 is 9.64 Å². The van der Waals surface area contributed by atoms with Gasteiger partial charge in [-0.05, 0) is 17.7 Å². The maximum absolute atomic E-state index is 12.9. The van der Waals surface area contributed by atoms with E-state index in [4.69, 9.17) is 4.74 Å². The Morgan fingerprint density at radius 1 is 1.32 bits per heavy atom. The highest BCUT2D eigenvalue weighted by Gasteiger charge is 2.28. The summed E-state index contributed by atoms with van der Waals surface area (Å²) in [6.45, 7) is 1.17. The van der Waals surface area contributed by atoms with Crippen LogP contribution in [0.1, 0.15) is 12.0 Å². The molecule has 2 heterocycles. The van der Waals surface area contributed by atoms with E-state index in [9.17, 15) is 9.18 Å². The smallest absolute Gasteiger partial charge is 0.234 e. The molecule has 0 radical (unpaired) electrons. The van der Waals surface area contributed by atoms with E-state index in [-0.39, 0.29) is 24.2 Å². The molecule has 1 amide bonds. The number of carbonyl (C=O) groups excluding carboxylic acids is 1. The molecule has 1 aliphatic rings. The highest BCUT2D eigenvalue weighted by atomic mass is 19.1. The zero-order valence-electron chi connectivity index (χ0n) is 14.4. The highest BCUT2D eigenvalue weighted by molar-refractivity contribution is 5.79. The maximum Gasteiger partial charge on any atom is 0.234 e. The monoisotopic (exact) mass is 344 g/mol. The number of hydrogen-bond acceptors (Lipinski definition) is 5. The zero-order valence-corrected chi connectivity index (χ0v) is 14.4. The number of rotatable bonds is 5. The Bertz CT molecular complexity index is 736. The van der Waals surface area contributed by atoms with Crippen molar-refractivity contribution in [3.63, 3.8) is 0 Å². The molecule has 0 N–H and O–H groups in total. The molecule has 3 rings (SSSR count). The second-order valence-electron chi connectivity index (χ2n) is 6.28. The van der Waals surface area contributed by atoms with Crippen molar-refractivity contribution in [1.82, 2.24) is 14.9 Å². The van der Waals surface area contributed by atoms with E-state index in [2.05, 4.69) is 9.97 Å². The molecule has 1 atom stereocenters. The van der Waals surface area contributed by atoms with Gasteiger partial charge in [-0.3, -0.25) is 9.78 Å². The quantitative estimate of drug-likeness (QED) is 0.829. The number of likely N-dealkylation sites (tertiary alicyclic amines) is 1. The van der Waals surface area contributed by atoms with E-state index >= 15 is 0 Å². The van der Waals surface area contributed by atoms with Crippen LogP contribution in [0.25, 0.3) is 0 Å². The van der Waals surface area contributed by atoms with E-state index in [0.717, 1.165) is 17.8 Å². The minimum atomic E-state index is -0.299. The molecule has 1 saturated heterocycles. The predicted molar refractivity (Wildman–Crippen MR) is 92.1 cm³/mol. The first-order valence-electron chi connectivity index (χ1n) is 8.19. The first-order valence-corrected chi connectivity index (χ1v) is 8.19. The molecule has 7 heteroatoms. The molecule has 2 aromatic rings. The standard InChI is InChI=1S/C18H21FN4O2/c1-22(2)16-10-20-11-17(21-16)25-15-7-8-23(12-15)18(24)9-13-3-5-14(19)6-4-13/h3-6,10-11,15H,7-9,12H2,1-2H3/t15-/m0/s1. The molecule has 0 unspecified atom stereocenters. The largest absolute Gasteiger partial charge is 0.471 e. The van der Waals surface area contributed by atoms with Gasteiger partial charge in [-0.2, -0.15) is 4.98 Å². The molecule has 132 valence electrons. The summed E-state index contributed by atoms with van der Waals surface area (Å²) in [4.78, 5) is 24.5. The zero-order chi connectivity index (χ0) is 17.8. The number of anilines is 1.